The smallest absolute Gasteiger partial charge is 0.306 e. The fourth-order valence-corrected chi connectivity index (χ4v) is 4.23. The monoisotopic (exact) mass is 382 g/mol. The quantitative estimate of drug-likeness (QED) is 0.227. The summed E-state index contributed by atoms with van der Waals surface area (Å²) in [6, 6.07) is 0. The topological polar surface area (TPSA) is 37.3 Å². The lowest BCUT2D eigenvalue weighted by atomic mass is 9.83. The van der Waals surface area contributed by atoms with Gasteiger partial charge in [-0.1, -0.05) is 112 Å². The van der Waals surface area contributed by atoms with Gasteiger partial charge in [-0.2, -0.15) is 0 Å². The Bertz CT molecular complexity index is 337. The first-order valence-electron chi connectivity index (χ1n) is 12.1. The van der Waals surface area contributed by atoms with Gasteiger partial charge in [-0.3, -0.25) is 4.79 Å². The average molecular weight is 383 g/mol. The summed E-state index contributed by atoms with van der Waals surface area (Å²) in [5.74, 6) is 1.42. The van der Waals surface area contributed by atoms with Gasteiger partial charge in [0.05, 0.1) is 5.92 Å². The highest BCUT2D eigenvalue weighted by molar-refractivity contribution is 5.69. The van der Waals surface area contributed by atoms with Gasteiger partial charge in [0.2, 0.25) is 0 Å². The molecule has 0 fully saturated rings. The molecule has 3 atom stereocenters. The molecule has 0 aromatic heterocycles. The van der Waals surface area contributed by atoms with E-state index < -0.39 is 5.97 Å². The molecular weight excluding hydrogens is 332 g/mol. The maximum absolute atomic E-state index is 11.7. The Balaban J connectivity index is 4.02. The number of rotatable bonds is 19. The van der Waals surface area contributed by atoms with Gasteiger partial charge in [-0.25, -0.2) is 0 Å². The van der Waals surface area contributed by atoms with Crippen LogP contribution in [-0.2, 0) is 4.79 Å². The molecule has 2 heteroatoms. The molecule has 0 radical (unpaired) electrons. The van der Waals surface area contributed by atoms with Crippen molar-refractivity contribution in [2.45, 2.75) is 131 Å². The molecule has 0 heterocycles. The van der Waals surface area contributed by atoms with Crippen molar-refractivity contribution >= 4 is 5.97 Å². The molecule has 162 valence electrons. The molecule has 0 amide bonds. The zero-order valence-corrected chi connectivity index (χ0v) is 19.3. The minimum atomic E-state index is -0.565. The summed E-state index contributed by atoms with van der Waals surface area (Å²) in [4.78, 5) is 11.7. The first kappa shape index (κ1) is 26.5. The second kappa shape index (κ2) is 17.6. The summed E-state index contributed by atoms with van der Waals surface area (Å²) in [5, 5.41) is 9.66. The minimum Gasteiger partial charge on any atom is -0.481 e. The van der Waals surface area contributed by atoms with Crippen LogP contribution in [0.5, 0.6) is 0 Å². The summed E-state index contributed by atoms with van der Waals surface area (Å²) >= 11 is 0. The molecule has 0 aromatic carbocycles. The maximum Gasteiger partial charge on any atom is 0.306 e. The van der Waals surface area contributed by atoms with Crippen LogP contribution in [0.1, 0.15) is 131 Å². The van der Waals surface area contributed by atoms with Gasteiger partial charge in [0.25, 0.3) is 0 Å². The molecule has 0 saturated carbocycles. The lowest BCUT2D eigenvalue weighted by Gasteiger charge is -2.22. The molecule has 0 spiro atoms. The van der Waals surface area contributed by atoms with E-state index in [2.05, 4.69) is 34.6 Å². The third-order valence-corrected chi connectivity index (χ3v) is 6.12. The normalized spacial score (nSPS) is 15.0. The van der Waals surface area contributed by atoms with E-state index in [1.54, 1.807) is 0 Å². The molecule has 27 heavy (non-hydrogen) atoms. The highest BCUT2D eigenvalue weighted by atomic mass is 16.4. The Morgan fingerprint density at radius 3 is 1.89 bits per heavy atom. The number of unbranched alkanes of at least 4 members (excludes halogenated alkanes) is 5. The second-order valence-electron chi connectivity index (χ2n) is 9.49. The van der Waals surface area contributed by atoms with Crippen LogP contribution in [0.15, 0.2) is 0 Å². The van der Waals surface area contributed by atoms with Crippen molar-refractivity contribution in [2.75, 3.05) is 0 Å². The Hall–Kier alpha value is -0.530. The summed E-state index contributed by atoms with van der Waals surface area (Å²) in [7, 11) is 0. The SMILES string of the molecule is CCCCC(CCC)CC(CCC(C)CCCCCCCC(C)C)C(=O)O. The first-order valence-corrected chi connectivity index (χ1v) is 12.1. The second-order valence-corrected chi connectivity index (χ2v) is 9.49. The van der Waals surface area contributed by atoms with E-state index in [-0.39, 0.29) is 5.92 Å². The molecule has 3 unspecified atom stereocenters. The number of carboxylic acid groups (broad SMARTS) is 1. The van der Waals surface area contributed by atoms with Crippen molar-refractivity contribution in [1.82, 2.24) is 0 Å². The van der Waals surface area contributed by atoms with E-state index in [1.165, 1.54) is 77.0 Å². The van der Waals surface area contributed by atoms with Crippen molar-refractivity contribution in [2.24, 2.45) is 23.7 Å². The van der Waals surface area contributed by atoms with Gasteiger partial charge >= 0.3 is 5.97 Å². The molecule has 1 N–H and O–H groups in total. The molecule has 0 saturated heterocycles. The van der Waals surface area contributed by atoms with Gasteiger partial charge in [-0.15, -0.1) is 0 Å². The van der Waals surface area contributed by atoms with Crippen LogP contribution in [0.25, 0.3) is 0 Å². The Morgan fingerprint density at radius 2 is 1.33 bits per heavy atom. The van der Waals surface area contributed by atoms with E-state index in [0.717, 1.165) is 25.2 Å². The van der Waals surface area contributed by atoms with Crippen LogP contribution in [0, 0.1) is 23.7 Å². The third kappa shape index (κ3) is 16.2. The van der Waals surface area contributed by atoms with E-state index in [1.807, 2.05) is 0 Å². The average Bonchev–Trinajstić information content (AvgIpc) is 2.61. The standard InChI is InChI=1S/C25H50O2/c1-6-8-17-23(14-7-2)20-24(25(26)27)19-18-22(5)16-13-11-9-10-12-15-21(3)4/h21-24H,6-20H2,1-5H3,(H,26,27). The van der Waals surface area contributed by atoms with E-state index in [9.17, 15) is 9.90 Å². The number of carboxylic acids is 1. The van der Waals surface area contributed by atoms with Crippen LogP contribution in [-0.4, -0.2) is 11.1 Å². The van der Waals surface area contributed by atoms with Crippen molar-refractivity contribution in [1.29, 1.82) is 0 Å². The van der Waals surface area contributed by atoms with Crippen LogP contribution in [0.4, 0.5) is 0 Å². The maximum atomic E-state index is 11.7. The van der Waals surface area contributed by atoms with E-state index in [4.69, 9.17) is 0 Å². The zero-order chi connectivity index (χ0) is 20.5. The molecule has 0 aliphatic heterocycles. The van der Waals surface area contributed by atoms with Crippen molar-refractivity contribution < 1.29 is 9.90 Å². The fourth-order valence-electron chi connectivity index (χ4n) is 4.23. The molecule has 0 aromatic rings. The largest absolute Gasteiger partial charge is 0.481 e. The molecule has 0 rings (SSSR count). The highest BCUT2D eigenvalue weighted by Crippen LogP contribution is 2.28. The molecule has 0 aliphatic rings. The third-order valence-electron chi connectivity index (χ3n) is 6.12. The first-order chi connectivity index (χ1) is 12.9. The predicted octanol–water partition coefficient (Wildman–Crippen LogP) is 8.49. The Morgan fingerprint density at radius 1 is 0.704 bits per heavy atom. The zero-order valence-electron chi connectivity index (χ0n) is 19.3. The summed E-state index contributed by atoms with van der Waals surface area (Å²) in [5.41, 5.74) is 0. The van der Waals surface area contributed by atoms with Crippen LogP contribution >= 0.6 is 0 Å². The molecular formula is C25H50O2. The fraction of sp³-hybridized carbons (Fsp3) is 0.960. The number of hydrogen-bond donors (Lipinski definition) is 1. The van der Waals surface area contributed by atoms with Crippen molar-refractivity contribution in [3.8, 4) is 0 Å². The van der Waals surface area contributed by atoms with E-state index in [0.29, 0.717) is 11.8 Å². The minimum absolute atomic E-state index is 0.128. The number of hydrogen-bond acceptors (Lipinski definition) is 1. The number of carbonyl (C=O) groups is 1. The van der Waals surface area contributed by atoms with Gasteiger partial charge < -0.3 is 5.11 Å². The van der Waals surface area contributed by atoms with Gasteiger partial charge in [0, 0.05) is 0 Å². The van der Waals surface area contributed by atoms with Crippen LogP contribution < -0.4 is 0 Å². The summed E-state index contributed by atoms with van der Waals surface area (Å²) in [6.45, 7) is 11.4. The van der Waals surface area contributed by atoms with Crippen LogP contribution in [0.3, 0.4) is 0 Å². The summed E-state index contributed by atoms with van der Waals surface area (Å²) in [6.07, 6.45) is 18.3. The lowest BCUT2D eigenvalue weighted by Crippen LogP contribution is -2.19. The van der Waals surface area contributed by atoms with E-state index >= 15 is 0 Å². The van der Waals surface area contributed by atoms with Gasteiger partial charge in [0.1, 0.15) is 0 Å². The predicted molar refractivity (Wildman–Crippen MR) is 119 cm³/mol. The molecule has 0 bridgehead atoms. The van der Waals surface area contributed by atoms with Crippen molar-refractivity contribution in [3.05, 3.63) is 0 Å². The number of aliphatic carboxylic acids is 1. The molecule has 2 nitrogen and oxygen atoms in total. The van der Waals surface area contributed by atoms with Gasteiger partial charge in [-0.05, 0) is 37.0 Å². The highest BCUT2D eigenvalue weighted by Gasteiger charge is 2.22. The summed E-state index contributed by atoms with van der Waals surface area (Å²) < 4.78 is 0. The Labute approximate surface area is 170 Å². The lowest BCUT2D eigenvalue weighted by molar-refractivity contribution is -0.142. The van der Waals surface area contributed by atoms with Crippen LogP contribution in [0.2, 0.25) is 0 Å². The Kier molecular flexibility index (Phi) is 17.2. The molecule has 0 aliphatic carbocycles. The van der Waals surface area contributed by atoms with Gasteiger partial charge in [0.15, 0.2) is 0 Å². The van der Waals surface area contributed by atoms with Crippen molar-refractivity contribution in [3.63, 3.8) is 0 Å².